The van der Waals surface area contributed by atoms with Crippen molar-refractivity contribution >= 4 is 16.6 Å². The minimum atomic E-state index is 0.889. The van der Waals surface area contributed by atoms with Gasteiger partial charge in [-0.2, -0.15) is 0 Å². The third-order valence-corrected chi connectivity index (χ3v) is 2.05. The molecule has 1 N–H and O–H groups in total. The number of nitrogens with zero attached hydrogens (tertiary/aromatic N) is 1. The molecule has 2 rings (SSSR count). The maximum Gasteiger partial charge on any atom is 0.137 e. The Labute approximate surface area is 76.6 Å². The Balaban J connectivity index is 2.74. The zero-order chi connectivity index (χ0) is 9.26. The van der Waals surface area contributed by atoms with E-state index in [0.717, 1.165) is 22.2 Å². The molecule has 13 heavy (non-hydrogen) atoms. The summed E-state index contributed by atoms with van der Waals surface area (Å²) in [6.45, 7) is 7.61. The van der Waals surface area contributed by atoms with Crippen LogP contribution in [-0.2, 0) is 0 Å². The average molecular weight is 170 g/mol. The molecule has 0 fully saturated rings. The molecule has 0 aliphatic rings. The van der Waals surface area contributed by atoms with E-state index in [-0.39, 0.29) is 0 Å². The first-order valence-electron chi connectivity index (χ1n) is 4.06. The summed E-state index contributed by atoms with van der Waals surface area (Å²) in [6, 6.07) is 3.94. The third kappa shape index (κ3) is 1.16. The zero-order valence-corrected chi connectivity index (χ0v) is 7.25. The van der Waals surface area contributed by atoms with E-state index in [0.29, 0.717) is 0 Å². The zero-order valence-electron chi connectivity index (χ0n) is 7.25. The number of aromatic amines is 1. The van der Waals surface area contributed by atoms with Gasteiger partial charge in [-0.1, -0.05) is 19.2 Å². The molecule has 0 saturated carbocycles. The van der Waals surface area contributed by atoms with Crippen LogP contribution in [0.4, 0.5) is 0 Å². The molecule has 0 aromatic carbocycles. The van der Waals surface area contributed by atoms with Gasteiger partial charge >= 0.3 is 0 Å². The first-order chi connectivity index (χ1) is 6.33. The molecule has 0 atom stereocenters. The van der Waals surface area contributed by atoms with E-state index >= 15 is 0 Å². The number of H-pyrrole nitrogens is 1. The van der Waals surface area contributed by atoms with Gasteiger partial charge < -0.3 is 4.98 Å². The largest absolute Gasteiger partial charge is 0.346 e. The van der Waals surface area contributed by atoms with Crippen LogP contribution in [-0.4, -0.2) is 9.97 Å². The van der Waals surface area contributed by atoms with Crippen LogP contribution in [0.5, 0.6) is 0 Å². The minimum Gasteiger partial charge on any atom is -0.346 e. The quantitative estimate of drug-likeness (QED) is 0.690. The molecule has 0 aliphatic carbocycles. The molecule has 0 aliphatic heterocycles. The lowest BCUT2D eigenvalue weighted by Gasteiger charge is -2.00. The molecule has 0 radical (unpaired) electrons. The van der Waals surface area contributed by atoms with Crippen LogP contribution in [0.25, 0.3) is 16.6 Å². The van der Waals surface area contributed by atoms with E-state index < -0.39 is 0 Å². The van der Waals surface area contributed by atoms with Gasteiger partial charge in [-0.25, -0.2) is 4.98 Å². The summed E-state index contributed by atoms with van der Waals surface area (Å²) in [4.78, 5) is 7.24. The van der Waals surface area contributed by atoms with E-state index in [1.807, 2.05) is 18.3 Å². The number of hydrogen-bond donors (Lipinski definition) is 1. The highest BCUT2D eigenvalue weighted by molar-refractivity contribution is 5.91. The molecule has 2 heteroatoms. The van der Waals surface area contributed by atoms with Crippen LogP contribution in [0.1, 0.15) is 5.56 Å². The van der Waals surface area contributed by atoms with Gasteiger partial charge in [0.2, 0.25) is 0 Å². The monoisotopic (exact) mass is 170 g/mol. The van der Waals surface area contributed by atoms with Gasteiger partial charge in [-0.15, -0.1) is 0 Å². The molecule has 64 valence electrons. The highest BCUT2D eigenvalue weighted by Gasteiger charge is 2.02. The summed E-state index contributed by atoms with van der Waals surface area (Å²) in [7, 11) is 0. The topological polar surface area (TPSA) is 28.7 Å². The van der Waals surface area contributed by atoms with Crippen molar-refractivity contribution in [3.05, 3.63) is 49.3 Å². The van der Waals surface area contributed by atoms with Gasteiger partial charge in [0, 0.05) is 17.8 Å². The fourth-order valence-corrected chi connectivity index (χ4v) is 1.35. The normalized spacial score (nSPS) is 10.2. The van der Waals surface area contributed by atoms with Crippen LogP contribution < -0.4 is 0 Å². The second-order valence-corrected chi connectivity index (χ2v) is 2.83. The predicted octanol–water partition coefficient (Wildman–Crippen LogP) is 2.76. The van der Waals surface area contributed by atoms with Crippen molar-refractivity contribution in [2.45, 2.75) is 0 Å². The van der Waals surface area contributed by atoms with Crippen LogP contribution in [0.3, 0.4) is 0 Å². The lowest BCUT2D eigenvalue weighted by atomic mass is 10.1. The van der Waals surface area contributed by atoms with Gasteiger partial charge in [-0.05, 0) is 23.3 Å². The Morgan fingerprint density at radius 2 is 2.31 bits per heavy atom. The molecule has 0 amide bonds. The summed E-state index contributed by atoms with van der Waals surface area (Å²) in [6.07, 6.45) is 5.39. The number of aromatic nitrogens is 2. The van der Waals surface area contributed by atoms with Crippen molar-refractivity contribution < 1.29 is 0 Å². The molecule has 2 nitrogen and oxygen atoms in total. The van der Waals surface area contributed by atoms with Gasteiger partial charge in [-0.3, -0.25) is 0 Å². The summed E-state index contributed by atoms with van der Waals surface area (Å²) in [5.41, 5.74) is 2.90. The Bertz CT molecular complexity index is 466. The average Bonchev–Trinajstić information content (AvgIpc) is 2.63. The lowest BCUT2D eigenvalue weighted by Crippen LogP contribution is -1.82. The Hall–Kier alpha value is -1.83. The van der Waals surface area contributed by atoms with E-state index in [4.69, 9.17) is 0 Å². The van der Waals surface area contributed by atoms with Crippen LogP contribution in [0.2, 0.25) is 0 Å². The van der Waals surface area contributed by atoms with Crippen LogP contribution in [0, 0.1) is 0 Å². The highest BCUT2D eigenvalue weighted by Crippen LogP contribution is 2.21. The standard InChI is InChI=1S/C11H10N2/c1-3-8(2)9-4-6-12-11-10(9)5-7-13-11/h3-7H,1-2H2,(H,12,13). The molecular formula is C11H10N2. The first kappa shape index (κ1) is 7.80. The maximum absolute atomic E-state index is 4.19. The van der Waals surface area contributed by atoms with Crippen molar-refractivity contribution in [1.29, 1.82) is 0 Å². The summed E-state index contributed by atoms with van der Waals surface area (Å²) in [5.74, 6) is 0. The number of hydrogen-bond acceptors (Lipinski definition) is 1. The van der Waals surface area contributed by atoms with Crippen molar-refractivity contribution in [3.8, 4) is 0 Å². The number of rotatable bonds is 2. The van der Waals surface area contributed by atoms with E-state index in [1.54, 1.807) is 12.3 Å². The second kappa shape index (κ2) is 2.90. The molecule has 0 unspecified atom stereocenters. The third-order valence-electron chi connectivity index (χ3n) is 2.05. The van der Waals surface area contributed by atoms with Crippen LogP contribution in [0.15, 0.2) is 43.8 Å². The van der Waals surface area contributed by atoms with Gasteiger partial charge in [0.1, 0.15) is 5.65 Å². The van der Waals surface area contributed by atoms with Crippen molar-refractivity contribution in [2.75, 3.05) is 0 Å². The summed E-state index contributed by atoms with van der Waals surface area (Å²) in [5, 5.41) is 1.09. The van der Waals surface area contributed by atoms with Gasteiger partial charge in [0.15, 0.2) is 0 Å². The number of allylic oxidation sites excluding steroid dienone is 2. The first-order valence-corrected chi connectivity index (χ1v) is 4.06. The Morgan fingerprint density at radius 1 is 1.46 bits per heavy atom. The van der Waals surface area contributed by atoms with Crippen molar-refractivity contribution in [2.24, 2.45) is 0 Å². The van der Waals surface area contributed by atoms with E-state index in [2.05, 4.69) is 23.1 Å². The predicted molar refractivity (Wildman–Crippen MR) is 55.3 cm³/mol. The second-order valence-electron chi connectivity index (χ2n) is 2.83. The molecular weight excluding hydrogens is 160 g/mol. The summed E-state index contributed by atoms with van der Waals surface area (Å²) >= 11 is 0. The lowest BCUT2D eigenvalue weighted by molar-refractivity contribution is 1.32. The smallest absolute Gasteiger partial charge is 0.137 e. The Kier molecular flexibility index (Phi) is 1.74. The van der Waals surface area contributed by atoms with Gasteiger partial charge in [0.25, 0.3) is 0 Å². The molecule has 2 aromatic rings. The minimum absolute atomic E-state index is 0.889. The van der Waals surface area contributed by atoms with Crippen molar-refractivity contribution in [3.63, 3.8) is 0 Å². The molecule has 2 heterocycles. The van der Waals surface area contributed by atoms with E-state index in [1.165, 1.54) is 0 Å². The van der Waals surface area contributed by atoms with Gasteiger partial charge in [0.05, 0.1) is 0 Å². The number of fused-ring (bicyclic) bond motifs is 1. The fourth-order valence-electron chi connectivity index (χ4n) is 1.35. The number of pyridine rings is 1. The van der Waals surface area contributed by atoms with Crippen molar-refractivity contribution in [1.82, 2.24) is 9.97 Å². The molecule has 0 bridgehead atoms. The molecule has 0 saturated heterocycles. The fraction of sp³-hybridized carbons (Fsp3) is 0. The Morgan fingerprint density at radius 3 is 3.08 bits per heavy atom. The highest BCUT2D eigenvalue weighted by atomic mass is 14.8. The molecule has 0 spiro atoms. The van der Waals surface area contributed by atoms with Crippen LogP contribution >= 0.6 is 0 Å². The molecule has 2 aromatic heterocycles. The SMILES string of the molecule is C=CC(=C)c1ccnc2[nH]ccc12. The van der Waals surface area contributed by atoms with E-state index in [9.17, 15) is 0 Å². The maximum atomic E-state index is 4.19. The summed E-state index contributed by atoms with van der Waals surface area (Å²) < 4.78 is 0. The number of nitrogens with one attached hydrogen (secondary N) is 1.